The summed E-state index contributed by atoms with van der Waals surface area (Å²) >= 11 is 0. The van der Waals surface area contributed by atoms with E-state index in [9.17, 15) is 0 Å². The SMILES string of the molecule is CCC(CC)(C(NN)C1CCC(C)C(C)C1)N(C)C. The maximum atomic E-state index is 5.98. The molecule has 19 heavy (non-hydrogen) atoms. The molecule has 0 aromatic heterocycles. The minimum atomic E-state index is 0.180. The van der Waals surface area contributed by atoms with Gasteiger partial charge in [-0.25, -0.2) is 0 Å². The fourth-order valence-corrected chi connectivity index (χ4v) is 4.22. The van der Waals surface area contributed by atoms with E-state index in [0.29, 0.717) is 12.0 Å². The Balaban J connectivity index is 2.92. The number of likely N-dealkylation sites (N-methyl/N-ethyl adjacent to an activating group) is 1. The van der Waals surface area contributed by atoms with Crippen LogP contribution in [-0.2, 0) is 0 Å². The minimum Gasteiger partial charge on any atom is -0.302 e. The molecule has 4 atom stereocenters. The highest BCUT2D eigenvalue weighted by atomic mass is 15.3. The molecule has 1 fully saturated rings. The third kappa shape index (κ3) is 3.32. The molecule has 0 amide bonds. The summed E-state index contributed by atoms with van der Waals surface area (Å²) in [5.74, 6) is 8.38. The van der Waals surface area contributed by atoms with Gasteiger partial charge in [0.05, 0.1) is 0 Å². The zero-order valence-electron chi connectivity index (χ0n) is 13.9. The number of rotatable bonds is 6. The summed E-state index contributed by atoms with van der Waals surface area (Å²) in [4.78, 5) is 2.39. The molecule has 3 nitrogen and oxygen atoms in total. The van der Waals surface area contributed by atoms with Crippen molar-refractivity contribution in [2.24, 2.45) is 23.6 Å². The number of nitrogens with zero attached hydrogens (tertiary/aromatic N) is 1. The van der Waals surface area contributed by atoms with Crippen molar-refractivity contribution >= 4 is 0 Å². The maximum absolute atomic E-state index is 5.98. The molecule has 4 unspecified atom stereocenters. The molecule has 0 aliphatic heterocycles. The van der Waals surface area contributed by atoms with E-state index in [1.54, 1.807) is 0 Å². The number of hydrazine groups is 1. The van der Waals surface area contributed by atoms with E-state index in [1.807, 2.05) is 0 Å². The van der Waals surface area contributed by atoms with Gasteiger partial charge in [-0.2, -0.15) is 0 Å². The highest BCUT2D eigenvalue weighted by Crippen LogP contribution is 2.40. The molecular formula is C16H35N3. The predicted octanol–water partition coefficient (Wildman–Crippen LogP) is 3.01. The van der Waals surface area contributed by atoms with Gasteiger partial charge in [-0.15, -0.1) is 0 Å². The summed E-state index contributed by atoms with van der Waals surface area (Å²) in [6, 6.07) is 0.396. The average Bonchev–Trinajstić information content (AvgIpc) is 2.39. The molecule has 0 radical (unpaired) electrons. The van der Waals surface area contributed by atoms with Crippen LogP contribution < -0.4 is 11.3 Å². The van der Waals surface area contributed by atoms with Gasteiger partial charge in [0, 0.05) is 11.6 Å². The van der Waals surface area contributed by atoms with E-state index in [4.69, 9.17) is 5.84 Å². The topological polar surface area (TPSA) is 41.3 Å². The van der Waals surface area contributed by atoms with Crippen LogP contribution in [-0.4, -0.2) is 30.6 Å². The number of nitrogens with one attached hydrogen (secondary N) is 1. The van der Waals surface area contributed by atoms with Crippen LogP contribution in [0.2, 0.25) is 0 Å². The maximum Gasteiger partial charge on any atom is 0.0422 e. The lowest BCUT2D eigenvalue weighted by Crippen LogP contribution is -2.63. The molecule has 3 N–H and O–H groups in total. The van der Waals surface area contributed by atoms with Crippen LogP contribution in [0.25, 0.3) is 0 Å². The van der Waals surface area contributed by atoms with E-state index in [2.05, 4.69) is 52.1 Å². The van der Waals surface area contributed by atoms with Crippen molar-refractivity contribution in [1.82, 2.24) is 10.3 Å². The summed E-state index contributed by atoms with van der Waals surface area (Å²) < 4.78 is 0. The van der Waals surface area contributed by atoms with Crippen molar-refractivity contribution < 1.29 is 0 Å². The smallest absolute Gasteiger partial charge is 0.0422 e. The molecule has 3 heteroatoms. The summed E-state index contributed by atoms with van der Waals surface area (Å²) in [5, 5.41) is 0. The molecule has 1 saturated carbocycles. The second-order valence-corrected chi connectivity index (χ2v) is 6.88. The number of hydrogen-bond acceptors (Lipinski definition) is 3. The predicted molar refractivity (Wildman–Crippen MR) is 83.8 cm³/mol. The summed E-state index contributed by atoms with van der Waals surface area (Å²) in [7, 11) is 4.40. The molecule has 1 aliphatic rings. The Morgan fingerprint density at radius 2 is 1.74 bits per heavy atom. The molecule has 1 rings (SSSR count). The Kier molecular flexibility index (Phi) is 6.28. The van der Waals surface area contributed by atoms with Gasteiger partial charge < -0.3 is 4.90 Å². The third-order valence-electron chi connectivity index (χ3n) is 5.98. The Morgan fingerprint density at radius 3 is 2.11 bits per heavy atom. The van der Waals surface area contributed by atoms with Crippen molar-refractivity contribution in [3.63, 3.8) is 0 Å². The van der Waals surface area contributed by atoms with Crippen molar-refractivity contribution in [2.45, 2.75) is 71.4 Å². The first kappa shape index (κ1) is 16.9. The minimum absolute atomic E-state index is 0.180. The first-order chi connectivity index (χ1) is 8.92. The molecule has 0 heterocycles. The highest BCUT2D eigenvalue weighted by Gasteiger charge is 2.43. The van der Waals surface area contributed by atoms with Gasteiger partial charge in [-0.1, -0.05) is 34.1 Å². The van der Waals surface area contributed by atoms with Crippen LogP contribution in [0.3, 0.4) is 0 Å². The Labute approximate surface area is 120 Å². The van der Waals surface area contributed by atoms with Crippen molar-refractivity contribution in [2.75, 3.05) is 14.1 Å². The largest absolute Gasteiger partial charge is 0.302 e. The normalized spacial score (nSPS) is 30.6. The lowest BCUT2D eigenvalue weighted by atomic mass is 9.67. The molecule has 0 aromatic rings. The third-order valence-corrected chi connectivity index (χ3v) is 5.98. The van der Waals surface area contributed by atoms with Gasteiger partial charge in [0.2, 0.25) is 0 Å². The van der Waals surface area contributed by atoms with E-state index < -0.39 is 0 Å². The van der Waals surface area contributed by atoms with E-state index in [-0.39, 0.29) is 5.54 Å². The van der Waals surface area contributed by atoms with Crippen molar-refractivity contribution in [1.29, 1.82) is 0 Å². The monoisotopic (exact) mass is 269 g/mol. The van der Waals surface area contributed by atoms with E-state index in [0.717, 1.165) is 24.7 Å². The quantitative estimate of drug-likeness (QED) is 0.575. The summed E-state index contributed by atoms with van der Waals surface area (Å²) in [5.41, 5.74) is 3.37. The zero-order chi connectivity index (χ0) is 14.6. The van der Waals surface area contributed by atoms with Crippen LogP contribution in [0.15, 0.2) is 0 Å². The average molecular weight is 269 g/mol. The lowest BCUT2D eigenvalue weighted by Gasteiger charge is -2.50. The Bertz CT molecular complexity index is 261. The Morgan fingerprint density at radius 1 is 1.16 bits per heavy atom. The summed E-state index contributed by atoms with van der Waals surface area (Å²) in [6.07, 6.45) is 6.26. The van der Waals surface area contributed by atoms with Crippen LogP contribution in [0, 0.1) is 17.8 Å². The molecule has 1 aliphatic carbocycles. The Hall–Kier alpha value is -0.120. The fourth-order valence-electron chi connectivity index (χ4n) is 4.22. The standard InChI is InChI=1S/C16H35N3/c1-7-16(8-2,19(5)6)15(18-17)14-10-9-12(3)13(4)11-14/h12-15,18H,7-11,17H2,1-6H3. The lowest BCUT2D eigenvalue weighted by molar-refractivity contribution is 0.0345. The fraction of sp³-hybridized carbons (Fsp3) is 1.00. The number of hydrogen-bond donors (Lipinski definition) is 2. The number of nitrogens with two attached hydrogens (primary N) is 1. The van der Waals surface area contributed by atoms with E-state index >= 15 is 0 Å². The van der Waals surface area contributed by atoms with Gasteiger partial charge in [0.1, 0.15) is 0 Å². The molecule has 0 bridgehead atoms. The highest BCUT2D eigenvalue weighted by molar-refractivity contribution is 5.00. The van der Waals surface area contributed by atoms with Crippen LogP contribution >= 0.6 is 0 Å². The summed E-state index contributed by atoms with van der Waals surface area (Å²) in [6.45, 7) is 9.38. The van der Waals surface area contributed by atoms with Gasteiger partial charge in [-0.3, -0.25) is 11.3 Å². The molecule has 0 aromatic carbocycles. The van der Waals surface area contributed by atoms with E-state index in [1.165, 1.54) is 19.3 Å². The molecular weight excluding hydrogens is 234 g/mol. The van der Waals surface area contributed by atoms with Crippen molar-refractivity contribution in [3.8, 4) is 0 Å². The van der Waals surface area contributed by atoms with Crippen LogP contribution in [0.5, 0.6) is 0 Å². The van der Waals surface area contributed by atoms with Crippen molar-refractivity contribution in [3.05, 3.63) is 0 Å². The van der Waals surface area contributed by atoms with Gasteiger partial charge >= 0.3 is 0 Å². The molecule has 0 spiro atoms. The molecule has 114 valence electrons. The molecule has 0 saturated heterocycles. The first-order valence-corrected chi connectivity index (χ1v) is 8.06. The van der Waals surface area contributed by atoms with Crippen LogP contribution in [0.4, 0.5) is 0 Å². The van der Waals surface area contributed by atoms with Gasteiger partial charge in [0.25, 0.3) is 0 Å². The second kappa shape index (κ2) is 7.05. The second-order valence-electron chi connectivity index (χ2n) is 6.88. The van der Waals surface area contributed by atoms with Crippen LogP contribution in [0.1, 0.15) is 59.8 Å². The first-order valence-electron chi connectivity index (χ1n) is 8.06. The van der Waals surface area contributed by atoms with Gasteiger partial charge in [0.15, 0.2) is 0 Å². The zero-order valence-corrected chi connectivity index (χ0v) is 13.9. The van der Waals surface area contributed by atoms with Gasteiger partial charge in [-0.05, 0) is 57.5 Å².